The molecule has 12 heavy (non-hydrogen) atoms. The first-order valence-electron chi connectivity index (χ1n) is 3.23. The van der Waals surface area contributed by atoms with Gasteiger partial charge in [0.1, 0.15) is 0 Å². The molecule has 0 saturated carbocycles. The van der Waals surface area contributed by atoms with Gasteiger partial charge in [0.05, 0.1) is 0 Å². The fourth-order valence-electron chi connectivity index (χ4n) is 0.772. The van der Waals surface area contributed by atoms with E-state index < -0.39 is 0 Å². The van der Waals surface area contributed by atoms with Gasteiger partial charge in [0.15, 0.2) is 0 Å². The second-order valence-corrected chi connectivity index (χ2v) is 2.49. The SMILES string of the molecule is Br.CN(C)c1ccc(N)cc1.[SnH2]. The van der Waals surface area contributed by atoms with E-state index in [0.29, 0.717) is 0 Å². The van der Waals surface area contributed by atoms with Crippen molar-refractivity contribution in [2.45, 2.75) is 0 Å². The van der Waals surface area contributed by atoms with Crippen molar-refractivity contribution in [2.75, 3.05) is 24.7 Å². The van der Waals surface area contributed by atoms with E-state index in [4.69, 9.17) is 5.73 Å². The van der Waals surface area contributed by atoms with Gasteiger partial charge >= 0.3 is 23.9 Å². The molecule has 0 bridgehead atoms. The Hall–Kier alpha value is 0.0987. The molecule has 0 heterocycles. The van der Waals surface area contributed by atoms with Gasteiger partial charge in [-0.25, -0.2) is 0 Å². The number of hydrogen-bond acceptors (Lipinski definition) is 2. The number of hydrogen-bond donors (Lipinski definition) is 1. The quantitative estimate of drug-likeness (QED) is 0.612. The van der Waals surface area contributed by atoms with Crippen LogP contribution in [0.25, 0.3) is 0 Å². The van der Waals surface area contributed by atoms with Gasteiger partial charge in [-0.2, -0.15) is 0 Å². The van der Waals surface area contributed by atoms with Crippen LogP contribution >= 0.6 is 17.0 Å². The molecule has 4 heteroatoms. The zero-order valence-electron chi connectivity index (χ0n) is 7.45. The molecule has 2 N–H and O–H groups in total. The Morgan fingerprint density at radius 3 is 1.83 bits per heavy atom. The summed E-state index contributed by atoms with van der Waals surface area (Å²) >= 11 is 0. The number of benzene rings is 1. The topological polar surface area (TPSA) is 29.3 Å². The van der Waals surface area contributed by atoms with Crippen molar-refractivity contribution >= 4 is 52.3 Å². The number of nitrogen functional groups attached to an aromatic ring is 1. The molecule has 0 amide bonds. The summed E-state index contributed by atoms with van der Waals surface area (Å²) in [7, 11) is 4.01. The predicted molar refractivity (Wildman–Crippen MR) is 64.0 cm³/mol. The van der Waals surface area contributed by atoms with Crippen LogP contribution in [0.1, 0.15) is 0 Å². The van der Waals surface area contributed by atoms with Crippen molar-refractivity contribution in [1.29, 1.82) is 0 Å². The van der Waals surface area contributed by atoms with E-state index in [1.54, 1.807) is 0 Å². The second-order valence-electron chi connectivity index (χ2n) is 2.49. The third-order valence-corrected chi connectivity index (χ3v) is 1.41. The van der Waals surface area contributed by atoms with Gasteiger partial charge in [-0.05, 0) is 24.3 Å². The third-order valence-electron chi connectivity index (χ3n) is 1.41. The first-order valence-corrected chi connectivity index (χ1v) is 3.23. The molecule has 0 unspecified atom stereocenters. The average molecular weight is 338 g/mol. The molecule has 68 valence electrons. The first kappa shape index (κ1) is 14.6. The Labute approximate surface area is 101 Å². The van der Waals surface area contributed by atoms with Gasteiger partial charge in [-0.1, -0.05) is 0 Å². The molecule has 0 aliphatic rings. The van der Waals surface area contributed by atoms with Crippen molar-refractivity contribution in [1.82, 2.24) is 0 Å². The molecule has 0 aliphatic carbocycles. The van der Waals surface area contributed by atoms with Crippen molar-refractivity contribution in [3.63, 3.8) is 0 Å². The van der Waals surface area contributed by atoms with Gasteiger partial charge in [0.25, 0.3) is 0 Å². The van der Waals surface area contributed by atoms with Gasteiger partial charge in [-0.3, -0.25) is 0 Å². The van der Waals surface area contributed by atoms with Crippen molar-refractivity contribution in [3.8, 4) is 0 Å². The van der Waals surface area contributed by atoms with Crippen LogP contribution in [0.4, 0.5) is 11.4 Å². The van der Waals surface area contributed by atoms with E-state index in [0.717, 1.165) is 5.69 Å². The van der Waals surface area contributed by atoms with Crippen LogP contribution in [0.3, 0.4) is 0 Å². The Balaban J connectivity index is 0. The summed E-state index contributed by atoms with van der Waals surface area (Å²) in [5, 5.41) is 0. The number of nitrogens with zero attached hydrogens (tertiary/aromatic N) is 1. The molecule has 0 aromatic heterocycles. The number of nitrogens with two attached hydrogens (primary N) is 1. The molecule has 0 aliphatic heterocycles. The molecular weight excluding hydrogens is 323 g/mol. The number of halogens is 1. The van der Waals surface area contributed by atoms with Crippen molar-refractivity contribution in [2.24, 2.45) is 0 Å². The monoisotopic (exact) mass is 338 g/mol. The summed E-state index contributed by atoms with van der Waals surface area (Å²) in [6.07, 6.45) is 0. The van der Waals surface area contributed by atoms with Crippen LogP contribution in [-0.4, -0.2) is 38.0 Å². The molecule has 1 aromatic rings. The van der Waals surface area contributed by atoms with E-state index in [1.807, 2.05) is 43.3 Å². The molecule has 0 spiro atoms. The normalized spacial score (nSPS) is 7.83. The van der Waals surface area contributed by atoms with Crippen molar-refractivity contribution in [3.05, 3.63) is 24.3 Å². The second kappa shape index (κ2) is 6.60. The average Bonchev–Trinajstić information content (AvgIpc) is 1.88. The molecular formula is C8H15BrN2Sn. The van der Waals surface area contributed by atoms with Crippen LogP contribution in [0.2, 0.25) is 0 Å². The standard InChI is InChI=1S/C8H12N2.BrH.Sn.2H/c1-10(2)8-5-3-7(9)4-6-8;;;;/h3-6H,9H2,1-2H3;1H;;;. The fraction of sp³-hybridized carbons (Fsp3) is 0.250. The van der Waals surface area contributed by atoms with Crippen LogP contribution in [0.15, 0.2) is 24.3 Å². The minimum absolute atomic E-state index is 0. The molecule has 1 rings (SSSR count). The maximum atomic E-state index is 5.51. The summed E-state index contributed by atoms with van der Waals surface area (Å²) in [5.74, 6) is 0. The Morgan fingerprint density at radius 2 is 1.50 bits per heavy atom. The third kappa shape index (κ3) is 4.21. The molecule has 1 aromatic carbocycles. The van der Waals surface area contributed by atoms with Crippen LogP contribution in [-0.2, 0) is 0 Å². The summed E-state index contributed by atoms with van der Waals surface area (Å²) < 4.78 is 0. The summed E-state index contributed by atoms with van der Waals surface area (Å²) in [4.78, 5) is 2.04. The van der Waals surface area contributed by atoms with E-state index >= 15 is 0 Å². The molecule has 0 saturated heterocycles. The fourth-order valence-corrected chi connectivity index (χ4v) is 0.772. The summed E-state index contributed by atoms with van der Waals surface area (Å²) in [6.45, 7) is 0. The van der Waals surface area contributed by atoms with Gasteiger partial charge in [0.2, 0.25) is 0 Å². The van der Waals surface area contributed by atoms with E-state index in [1.165, 1.54) is 5.69 Å². The van der Waals surface area contributed by atoms with Gasteiger partial charge in [-0.15, -0.1) is 17.0 Å². The Kier molecular flexibility index (Phi) is 8.03. The molecule has 2 nitrogen and oxygen atoms in total. The van der Waals surface area contributed by atoms with Crippen molar-refractivity contribution < 1.29 is 0 Å². The molecule has 0 fully saturated rings. The number of anilines is 2. The van der Waals surface area contributed by atoms with E-state index in [2.05, 4.69) is 0 Å². The summed E-state index contributed by atoms with van der Waals surface area (Å²) in [6, 6.07) is 7.79. The number of rotatable bonds is 1. The molecule has 0 atom stereocenters. The van der Waals surface area contributed by atoms with E-state index in [9.17, 15) is 0 Å². The Bertz CT molecular complexity index is 211. The van der Waals surface area contributed by atoms with Crippen LogP contribution in [0.5, 0.6) is 0 Å². The zero-order chi connectivity index (χ0) is 7.56. The minimum atomic E-state index is 0. The molecule has 2 radical (unpaired) electrons. The van der Waals surface area contributed by atoms with Crippen LogP contribution in [0, 0.1) is 0 Å². The predicted octanol–water partition coefficient (Wildman–Crippen LogP) is 0.996. The van der Waals surface area contributed by atoms with Gasteiger partial charge < -0.3 is 10.6 Å². The van der Waals surface area contributed by atoms with E-state index in [-0.39, 0.29) is 40.9 Å². The van der Waals surface area contributed by atoms with Gasteiger partial charge in [0, 0.05) is 25.5 Å². The first-order chi connectivity index (χ1) is 4.70. The Morgan fingerprint density at radius 1 is 1.08 bits per heavy atom. The zero-order valence-corrected chi connectivity index (χ0v) is 13.2. The maximum absolute atomic E-state index is 5.51. The van der Waals surface area contributed by atoms with Crippen LogP contribution < -0.4 is 10.6 Å². The summed E-state index contributed by atoms with van der Waals surface area (Å²) in [5.41, 5.74) is 7.49.